The van der Waals surface area contributed by atoms with Gasteiger partial charge in [-0.3, -0.25) is 14.4 Å². The van der Waals surface area contributed by atoms with E-state index in [-0.39, 0.29) is 30.1 Å². The highest BCUT2D eigenvalue weighted by molar-refractivity contribution is 6.33. The summed E-state index contributed by atoms with van der Waals surface area (Å²) in [7, 11) is 0. The van der Waals surface area contributed by atoms with Gasteiger partial charge in [0.05, 0.1) is 29.0 Å². The van der Waals surface area contributed by atoms with E-state index in [2.05, 4.69) is 10.6 Å². The van der Waals surface area contributed by atoms with Gasteiger partial charge in [0.15, 0.2) is 0 Å². The van der Waals surface area contributed by atoms with E-state index >= 15 is 0 Å². The highest BCUT2D eigenvalue weighted by atomic mass is 35.5. The summed E-state index contributed by atoms with van der Waals surface area (Å²) in [5.74, 6) is -2.98. The average molecular weight is 425 g/mol. The Morgan fingerprint density at radius 2 is 1.67 bits per heavy atom. The number of amides is 2. The molecule has 1 fully saturated rings. The Balaban J connectivity index is 1.45. The van der Waals surface area contributed by atoms with Gasteiger partial charge in [0.25, 0.3) is 0 Å². The van der Waals surface area contributed by atoms with Gasteiger partial charge in [0.1, 0.15) is 0 Å². The molecule has 0 aromatic heterocycles. The molecule has 0 radical (unpaired) electrons. The summed E-state index contributed by atoms with van der Waals surface area (Å²) in [5.41, 5.74) is 1.72. The van der Waals surface area contributed by atoms with Crippen molar-refractivity contribution < 1.29 is 19.5 Å². The Morgan fingerprint density at radius 1 is 0.967 bits per heavy atom. The van der Waals surface area contributed by atoms with E-state index in [0.717, 1.165) is 5.56 Å². The Morgan fingerprint density at radius 3 is 2.37 bits per heavy atom. The van der Waals surface area contributed by atoms with Crippen LogP contribution in [0.2, 0.25) is 5.02 Å². The minimum atomic E-state index is -0.947. The Bertz CT molecular complexity index is 1020. The van der Waals surface area contributed by atoms with E-state index < -0.39 is 17.8 Å². The number of halogens is 1. The summed E-state index contributed by atoms with van der Waals surface area (Å²) in [6.07, 6.45) is 4.73. The van der Waals surface area contributed by atoms with Crippen molar-refractivity contribution in [1.29, 1.82) is 0 Å². The predicted molar refractivity (Wildman–Crippen MR) is 114 cm³/mol. The van der Waals surface area contributed by atoms with E-state index in [0.29, 0.717) is 22.8 Å². The molecule has 4 unspecified atom stereocenters. The molecule has 3 N–H and O–H groups in total. The highest BCUT2D eigenvalue weighted by Gasteiger charge is 2.51. The fourth-order valence-corrected chi connectivity index (χ4v) is 4.58. The number of benzene rings is 2. The summed E-state index contributed by atoms with van der Waals surface area (Å²) in [6.45, 7) is 0. The number of carboxylic acid groups (broad SMARTS) is 1. The van der Waals surface area contributed by atoms with Gasteiger partial charge in [-0.05, 0) is 42.0 Å². The van der Waals surface area contributed by atoms with Crippen LogP contribution in [0.5, 0.6) is 0 Å². The Kier molecular flexibility index (Phi) is 5.59. The first-order valence-electron chi connectivity index (χ1n) is 9.77. The van der Waals surface area contributed by atoms with Crippen molar-refractivity contribution in [3.63, 3.8) is 0 Å². The normalized spacial score (nSPS) is 23.9. The van der Waals surface area contributed by atoms with Crippen LogP contribution in [-0.4, -0.2) is 22.9 Å². The van der Waals surface area contributed by atoms with Gasteiger partial charge < -0.3 is 15.7 Å². The molecule has 0 aliphatic heterocycles. The lowest BCUT2D eigenvalue weighted by Gasteiger charge is -2.24. The van der Waals surface area contributed by atoms with Crippen molar-refractivity contribution >= 4 is 40.8 Å². The molecular weight excluding hydrogens is 404 g/mol. The minimum Gasteiger partial charge on any atom is -0.481 e. The van der Waals surface area contributed by atoms with E-state index in [1.54, 1.807) is 18.2 Å². The molecule has 2 aromatic rings. The van der Waals surface area contributed by atoms with Crippen molar-refractivity contribution in [2.45, 2.75) is 12.8 Å². The monoisotopic (exact) mass is 424 g/mol. The second-order valence-corrected chi connectivity index (χ2v) is 8.14. The molecule has 0 heterocycles. The molecule has 4 rings (SSSR count). The summed E-state index contributed by atoms with van der Waals surface area (Å²) in [4.78, 5) is 36.9. The highest BCUT2D eigenvalue weighted by Crippen LogP contribution is 2.48. The first-order chi connectivity index (χ1) is 14.4. The lowest BCUT2D eigenvalue weighted by atomic mass is 9.82. The van der Waals surface area contributed by atoms with Crippen LogP contribution in [0, 0.1) is 23.7 Å². The third-order valence-corrected chi connectivity index (χ3v) is 6.09. The van der Waals surface area contributed by atoms with Gasteiger partial charge in [0, 0.05) is 5.69 Å². The zero-order valence-electron chi connectivity index (χ0n) is 16.0. The minimum absolute atomic E-state index is 0.0616. The number of carbonyl (C=O) groups excluding carboxylic acids is 2. The van der Waals surface area contributed by atoms with Crippen LogP contribution >= 0.6 is 11.6 Å². The van der Waals surface area contributed by atoms with E-state index in [1.807, 2.05) is 42.5 Å². The molecule has 0 spiro atoms. The van der Waals surface area contributed by atoms with Crippen LogP contribution in [-0.2, 0) is 20.8 Å². The molecule has 0 saturated heterocycles. The zero-order chi connectivity index (χ0) is 21.3. The lowest BCUT2D eigenvalue weighted by Crippen LogP contribution is -2.36. The molecule has 2 amide bonds. The van der Waals surface area contributed by atoms with Crippen molar-refractivity contribution in [3.8, 4) is 0 Å². The number of carbonyl (C=O) groups is 3. The van der Waals surface area contributed by atoms with Crippen molar-refractivity contribution in [1.82, 2.24) is 0 Å². The van der Waals surface area contributed by atoms with Gasteiger partial charge in [-0.1, -0.05) is 54.1 Å². The Hall–Kier alpha value is -3.12. The van der Waals surface area contributed by atoms with Gasteiger partial charge in [0.2, 0.25) is 11.8 Å². The molecular formula is C23H21ClN2O4. The van der Waals surface area contributed by atoms with Crippen LogP contribution in [0.25, 0.3) is 0 Å². The molecule has 2 aliphatic carbocycles. The first-order valence-corrected chi connectivity index (χ1v) is 10.2. The van der Waals surface area contributed by atoms with Gasteiger partial charge in [-0.2, -0.15) is 0 Å². The smallest absolute Gasteiger partial charge is 0.307 e. The van der Waals surface area contributed by atoms with E-state index in [4.69, 9.17) is 11.6 Å². The fourth-order valence-electron chi connectivity index (χ4n) is 4.42. The molecule has 7 heteroatoms. The SMILES string of the molecule is O=C(Cc1ccccc1)Nc1cc(NC(=O)C2C3C=CC(C3)C2C(=O)O)ccc1Cl. The quantitative estimate of drug-likeness (QED) is 0.611. The average Bonchev–Trinajstić information content (AvgIpc) is 3.33. The number of fused-ring (bicyclic) bond motifs is 2. The summed E-state index contributed by atoms with van der Waals surface area (Å²) in [5, 5.41) is 15.5. The van der Waals surface area contributed by atoms with Crippen LogP contribution in [0.4, 0.5) is 11.4 Å². The zero-order valence-corrected chi connectivity index (χ0v) is 16.8. The molecule has 30 heavy (non-hydrogen) atoms. The summed E-state index contributed by atoms with van der Waals surface area (Å²) >= 11 is 6.21. The maximum absolute atomic E-state index is 12.9. The van der Waals surface area contributed by atoms with Crippen LogP contribution in [0.15, 0.2) is 60.7 Å². The maximum atomic E-state index is 12.9. The van der Waals surface area contributed by atoms with Crippen molar-refractivity contribution in [2.75, 3.05) is 10.6 Å². The van der Waals surface area contributed by atoms with Crippen molar-refractivity contribution in [3.05, 3.63) is 71.3 Å². The number of allylic oxidation sites excluding steroid dienone is 2. The number of nitrogens with one attached hydrogen (secondary N) is 2. The molecule has 2 aromatic carbocycles. The molecule has 154 valence electrons. The van der Waals surface area contributed by atoms with Gasteiger partial charge in [-0.25, -0.2) is 0 Å². The molecule has 1 saturated carbocycles. The molecule has 2 bridgehead atoms. The number of carboxylic acids is 1. The topological polar surface area (TPSA) is 95.5 Å². The second-order valence-electron chi connectivity index (χ2n) is 7.73. The molecule has 2 aliphatic rings. The third-order valence-electron chi connectivity index (χ3n) is 5.76. The van der Waals surface area contributed by atoms with Gasteiger partial charge in [-0.15, -0.1) is 0 Å². The number of anilines is 2. The number of hydrogen-bond acceptors (Lipinski definition) is 3. The Labute approximate surface area is 178 Å². The van der Waals surface area contributed by atoms with Crippen LogP contribution in [0.1, 0.15) is 12.0 Å². The number of aliphatic carboxylic acids is 1. The molecule has 6 nitrogen and oxygen atoms in total. The van der Waals surface area contributed by atoms with Crippen LogP contribution < -0.4 is 10.6 Å². The van der Waals surface area contributed by atoms with E-state index in [1.165, 1.54) is 0 Å². The summed E-state index contributed by atoms with van der Waals surface area (Å²) in [6, 6.07) is 14.1. The summed E-state index contributed by atoms with van der Waals surface area (Å²) < 4.78 is 0. The van der Waals surface area contributed by atoms with Crippen molar-refractivity contribution in [2.24, 2.45) is 23.7 Å². The number of rotatable bonds is 6. The predicted octanol–water partition coefficient (Wildman–Crippen LogP) is 3.98. The fraction of sp³-hybridized carbons (Fsp3) is 0.261. The largest absolute Gasteiger partial charge is 0.481 e. The standard InChI is InChI=1S/C23H21ClN2O4/c24-17-9-8-16(12-18(17)26-19(27)10-13-4-2-1-3-5-13)25-22(28)20-14-6-7-15(11-14)21(20)23(29)30/h1-9,12,14-15,20-21H,10-11H2,(H,25,28)(H,26,27)(H,29,30). The third kappa shape index (κ3) is 4.09. The molecule has 4 atom stereocenters. The van der Waals surface area contributed by atoms with Crippen LogP contribution in [0.3, 0.4) is 0 Å². The van der Waals surface area contributed by atoms with Gasteiger partial charge >= 0.3 is 5.97 Å². The number of hydrogen-bond donors (Lipinski definition) is 3. The second kappa shape index (κ2) is 8.32. The maximum Gasteiger partial charge on any atom is 0.307 e. The lowest BCUT2D eigenvalue weighted by molar-refractivity contribution is -0.146. The van der Waals surface area contributed by atoms with E-state index in [9.17, 15) is 19.5 Å². The first kappa shape index (κ1) is 20.2.